The van der Waals surface area contributed by atoms with Crippen LogP contribution < -0.4 is 11.1 Å². The van der Waals surface area contributed by atoms with E-state index >= 15 is 0 Å². The molecular weight excluding hydrogens is 238 g/mol. The van der Waals surface area contributed by atoms with Crippen LogP contribution in [0.25, 0.3) is 0 Å². The molecule has 5 nitrogen and oxygen atoms in total. The Morgan fingerprint density at radius 3 is 2.76 bits per heavy atom. The first kappa shape index (κ1) is 13.3. The van der Waals surface area contributed by atoms with E-state index in [0.29, 0.717) is 29.9 Å². The van der Waals surface area contributed by atoms with Gasteiger partial charge in [-0.1, -0.05) is 0 Å². The summed E-state index contributed by atoms with van der Waals surface area (Å²) in [7, 11) is -2.93. The highest BCUT2D eigenvalue weighted by molar-refractivity contribution is 7.90. The molecule has 1 aromatic carbocycles. The molecule has 17 heavy (non-hydrogen) atoms. The Bertz CT molecular complexity index is 532. The van der Waals surface area contributed by atoms with Gasteiger partial charge in [-0.3, -0.25) is 0 Å². The molecule has 1 aromatic rings. The van der Waals surface area contributed by atoms with Crippen LogP contribution in [-0.2, 0) is 9.84 Å². The van der Waals surface area contributed by atoms with Crippen molar-refractivity contribution in [3.63, 3.8) is 0 Å². The molecule has 0 fully saturated rings. The fraction of sp³-hybridized carbons (Fsp3) is 0.364. The molecule has 0 aliphatic rings. The maximum absolute atomic E-state index is 10.9. The molecule has 0 saturated carbocycles. The van der Waals surface area contributed by atoms with Gasteiger partial charge in [-0.25, -0.2) is 8.42 Å². The Kier molecular flexibility index (Phi) is 4.35. The molecule has 6 heteroatoms. The summed E-state index contributed by atoms with van der Waals surface area (Å²) in [6, 6.07) is 7.03. The van der Waals surface area contributed by atoms with E-state index in [1.54, 1.807) is 18.2 Å². The van der Waals surface area contributed by atoms with Crippen molar-refractivity contribution in [2.24, 2.45) is 0 Å². The lowest BCUT2D eigenvalue weighted by Crippen LogP contribution is -2.10. The Labute approximate surface area is 101 Å². The largest absolute Gasteiger partial charge is 0.399 e. The minimum Gasteiger partial charge on any atom is -0.399 e. The number of nitrogens with one attached hydrogen (secondary N) is 1. The third kappa shape index (κ3) is 4.74. The van der Waals surface area contributed by atoms with Crippen molar-refractivity contribution in [2.45, 2.75) is 6.42 Å². The van der Waals surface area contributed by atoms with E-state index in [1.807, 2.05) is 6.07 Å². The van der Waals surface area contributed by atoms with Crippen LogP contribution in [-0.4, -0.2) is 27.0 Å². The first-order valence-corrected chi connectivity index (χ1v) is 7.19. The number of nitrogens with zero attached hydrogens (tertiary/aromatic N) is 1. The summed E-state index contributed by atoms with van der Waals surface area (Å²) in [5.41, 5.74) is 7.23. The third-order valence-corrected chi connectivity index (χ3v) is 3.20. The predicted molar refractivity (Wildman–Crippen MR) is 68.4 cm³/mol. The Hall–Kier alpha value is -1.74. The summed E-state index contributed by atoms with van der Waals surface area (Å²) in [6.45, 7) is 0.506. The first-order valence-electron chi connectivity index (χ1n) is 5.13. The highest BCUT2D eigenvalue weighted by atomic mass is 32.2. The van der Waals surface area contributed by atoms with Crippen molar-refractivity contribution in [3.8, 4) is 6.07 Å². The van der Waals surface area contributed by atoms with Gasteiger partial charge in [0, 0.05) is 18.5 Å². The number of nitrogens with two attached hydrogens (primary N) is 1. The van der Waals surface area contributed by atoms with Crippen molar-refractivity contribution >= 4 is 21.2 Å². The zero-order valence-corrected chi connectivity index (χ0v) is 10.4. The summed E-state index contributed by atoms with van der Waals surface area (Å²) < 4.78 is 21.8. The number of benzene rings is 1. The van der Waals surface area contributed by atoms with Gasteiger partial charge in [0.15, 0.2) is 0 Å². The van der Waals surface area contributed by atoms with Crippen LogP contribution >= 0.6 is 0 Å². The first-order chi connectivity index (χ1) is 7.92. The zero-order chi connectivity index (χ0) is 12.9. The monoisotopic (exact) mass is 253 g/mol. The van der Waals surface area contributed by atoms with Crippen LogP contribution in [0.15, 0.2) is 18.2 Å². The van der Waals surface area contributed by atoms with Crippen LogP contribution in [0.3, 0.4) is 0 Å². The summed E-state index contributed by atoms with van der Waals surface area (Å²) in [5.74, 6) is 0.136. The lowest BCUT2D eigenvalue weighted by atomic mass is 10.1. The van der Waals surface area contributed by atoms with E-state index in [0.717, 1.165) is 0 Å². The van der Waals surface area contributed by atoms with Crippen molar-refractivity contribution in [2.75, 3.05) is 29.6 Å². The highest BCUT2D eigenvalue weighted by Crippen LogP contribution is 2.17. The van der Waals surface area contributed by atoms with E-state index in [-0.39, 0.29) is 5.75 Å². The Balaban J connectivity index is 2.56. The smallest absolute Gasteiger partial charge is 0.147 e. The van der Waals surface area contributed by atoms with Crippen LogP contribution in [0.5, 0.6) is 0 Å². The zero-order valence-electron chi connectivity index (χ0n) is 9.60. The molecular formula is C11H15N3O2S. The number of nitrogen functional groups attached to an aromatic ring is 1. The quantitative estimate of drug-likeness (QED) is 0.602. The van der Waals surface area contributed by atoms with Gasteiger partial charge in [-0.15, -0.1) is 0 Å². The number of hydrogen-bond acceptors (Lipinski definition) is 5. The molecule has 0 aliphatic carbocycles. The second-order valence-electron chi connectivity index (χ2n) is 3.83. The molecule has 0 unspecified atom stereocenters. The number of anilines is 2. The summed E-state index contributed by atoms with van der Waals surface area (Å²) in [5, 5.41) is 11.9. The Morgan fingerprint density at radius 2 is 2.18 bits per heavy atom. The highest BCUT2D eigenvalue weighted by Gasteiger charge is 2.04. The minimum atomic E-state index is -2.93. The van der Waals surface area contributed by atoms with Crippen molar-refractivity contribution in [1.82, 2.24) is 0 Å². The van der Waals surface area contributed by atoms with E-state index in [2.05, 4.69) is 5.32 Å². The minimum absolute atomic E-state index is 0.136. The molecule has 0 spiro atoms. The lowest BCUT2D eigenvalue weighted by molar-refractivity contribution is 0.600. The maximum atomic E-state index is 10.9. The molecule has 0 saturated heterocycles. The van der Waals surface area contributed by atoms with Gasteiger partial charge in [-0.2, -0.15) is 5.26 Å². The molecule has 0 radical (unpaired) electrons. The second-order valence-corrected chi connectivity index (χ2v) is 6.09. The topological polar surface area (TPSA) is 96.0 Å². The molecule has 92 valence electrons. The fourth-order valence-electron chi connectivity index (χ4n) is 1.37. The van der Waals surface area contributed by atoms with Crippen molar-refractivity contribution in [1.29, 1.82) is 5.26 Å². The van der Waals surface area contributed by atoms with E-state index < -0.39 is 9.84 Å². The number of nitriles is 1. The normalized spacial score (nSPS) is 10.8. The molecule has 0 amide bonds. The van der Waals surface area contributed by atoms with Gasteiger partial charge < -0.3 is 11.1 Å². The second kappa shape index (κ2) is 5.55. The Morgan fingerprint density at radius 1 is 1.47 bits per heavy atom. The van der Waals surface area contributed by atoms with Gasteiger partial charge in [0.2, 0.25) is 0 Å². The van der Waals surface area contributed by atoms with Gasteiger partial charge in [-0.05, 0) is 24.6 Å². The number of sulfone groups is 1. The molecule has 0 atom stereocenters. The number of hydrogen-bond donors (Lipinski definition) is 2. The van der Waals surface area contributed by atoms with Crippen LogP contribution in [0.4, 0.5) is 11.4 Å². The lowest BCUT2D eigenvalue weighted by Gasteiger charge is -2.08. The van der Waals surface area contributed by atoms with Gasteiger partial charge in [0.1, 0.15) is 15.9 Å². The maximum Gasteiger partial charge on any atom is 0.147 e. The van der Waals surface area contributed by atoms with Gasteiger partial charge in [0.05, 0.1) is 17.0 Å². The molecule has 0 bridgehead atoms. The summed E-state index contributed by atoms with van der Waals surface area (Å²) in [6.07, 6.45) is 1.71. The molecule has 0 aliphatic heterocycles. The SMILES string of the molecule is CS(=O)(=O)CCCNc1ccc(N)cc1C#N. The molecule has 1 rings (SSSR count). The van der Waals surface area contributed by atoms with E-state index in [1.165, 1.54) is 6.26 Å². The van der Waals surface area contributed by atoms with Gasteiger partial charge in [0.25, 0.3) is 0 Å². The standard InChI is InChI=1S/C11H15N3O2S/c1-17(15,16)6-2-5-14-11-4-3-10(13)7-9(11)8-12/h3-4,7,14H,2,5-6,13H2,1H3. The predicted octanol–water partition coefficient (Wildman–Crippen LogP) is 0.987. The summed E-state index contributed by atoms with van der Waals surface area (Å²) in [4.78, 5) is 0. The van der Waals surface area contributed by atoms with E-state index in [9.17, 15) is 8.42 Å². The van der Waals surface area contributed by atoms with Gasteiger partial charge >= 0.3 is 0 Å². The number of rotatable bonds is 5. The third-order valence-electron chi connectivity index (χ3n) is 2.17. The summed E-state index contributed by atoms with van der Waals surface area (Å²) >= 11 is 0. The molecule has 0 aromatic heterocycles. The van der Waals surface area contributed by atoms with Crippen LogP contribution in [0.2, 0.25) is 0 Å². The average molecular weight is 253 g/mol. The van der Waals surface area contributed by atoms with Crippen molar-refractivity contribution < 1.29 is 8.42 Å². The van der Waals surface area contributed by atoms with Crippen LogP contribution in [0.1, 0.15) is 12.0 Å². The molecule has 0 heterocycles. The fourth-order valence-corrected chi connectivity index (χ4v) is 2.03. The molecule has 3 N–H and O–H groups in total. The van der Waals surface area contributed by atoms with E-state index in [4.69, 9.17) is 11.0 Å². The average Bonchev–Trinajstić information content (AvgIpc) is 2.24. The van der Waals surface area contributed by atoms with Crippen molar-refractivity contribution in [3.05, 3.63) is 23.8 Å². The van der Waals surface area contributed by atoms with Crippen LogP contribution in [0, 0.1) is 11.3 Å².